The summed E-state index contributed by atoms with van der Waals surface area (Å²) in [5.74, 6) is 0.396. The summed E-state index contributed by atoms with van der Waals surface area (Å²) in [6.07, 6.45) is 0. The Morgan fingerprint density at radius 1 is 1.41 bits per heavy atom. The second-order valence-corrected chi connectivity index (χ2v) is 3.85. The molecule has 0 fully saturated rings. The predicted molar refractivity (Wildman–Crippen MR) is 65.6 cm³/mol. The molecule has 1 aromatic rings. The number of hydrogen-bond acceptors (Lipinski definition) is 4. The van der Waals surface area contributed by atoms with Gasteiger partial charge in [-0.2, -0.15) is 0 Å². The maximum Gasteiger partial charge on any atom is 0.252 e. The van der Waals surface area contributed by atoms with Crippen molar-refractivity contribution in [1.82, 2.24) is 4.90 Å². The van der Waals surface area contributed by atoms with E-state index < -0.39 is 5.91 Å². The average Bonchev–Trinajstić information content (AvgIpc) is 2.28. The van der Waals surface area contributed by atoms with Crippen LogP contribution in [-0.4, -0.2) is 45.2 Å². The number of rotatable bonds is 6. The van der Waals surface area contributed by atoms with Gasteiger partial charge in [0, 0.05) is 6.54 Å². The number of carbonyl (C=O) groups is 1. The summed E-state index contributed by atoms with van der Waals surface area (Å²) in [5.41, 5.74) is 5.62. The summed E-state index contributed by atoms with van der Waals surface area (Å²) in [6, 6.07) is 5.06. The zero-order valence-electron chi connectivity index (χ0n) is 10.4. The fraction of sp³-hybridized carbons (Fsp3) is 0.417. The Labute approximate surface area is 101 Å². The third-order valence-electron chi connectivity index (χ3n) is 2.25. The van der Waals surface area contributed by atoms with Gasteiger partial charge in [-0.25, -0.2) is 0 Å². The van der Waals surface area contributed by atoms with Gasteiger partial charge in [0.25, 0.3) is 5.91 Å². The van der Waals surface area contributed by atoms with Crippen molar-refractivity contribution in [2.75, 3.05) is 34.4 Å². The summed E-state index contributed by atoms with van der Waals surface area (Å²) in [7, 11) is 5.42. The summed E-state index contributed by atoms with van der Waals surface area (Å²) >= 11 is 0. The number of nitrogens with zero attached hydrogens (tertiary/aromatic N) is 1. The molecule has 0 aromatic heterocycles. The molecule has 1 rings (SSSR count). The van der Waals surface area contributed by atoms with Crippen molar-refractivity contribution >= 4 is 5.91 Å². The molecule has 0 bridgehead atoms. The maximum absolute atomic E-state index is 11.3. The van der Waals surface area contributed by atoms with Crippen LogP contribution >= 0.6 is 0 Å². The molecule has 0 spiro atoms. The number of para-hydroxylation sites is 1. The van der Waals surface area contributed by atoms with Gasteiger partial charge in [-0.1, -0.05) is 6.07 Å². The molecule has 17 heavy (non-hydrogen) atoms. The number of ether oxygens (including phenoxy) is 2. The molecule has 0 radical (unpaired) electrons. The summed E-state index contributed by atoms with van der Waals surface area (Å²) in [5, 5.41) is 0. The van der Waals surface area contributed by atoms with Gasteiger partial charge >= 0.3 is 0 Å². The van der Waals surface area contributed by atoms with Gasteiger partial charge in [-0.05, 0) is 26.2 Å². The molecule has 94 valence electrons. The molecule has 5 heteroatoms. The lowest BCUT2D eigenvalue weighted by molar-refractivity contribution is 0.0995. The molecule has 0 aliphatic heterocycles. The van der Waals surface area contributed by atoms with E-state index in [4.69, 9.17) is 15.2 Å². The first kappa shape index (κ1) is 13.3. The molecule has 1 aromatic carbocycles. The van der Waals surface area contributed by atoms with Crippen LogP contribution in [0.2, 0.25) is 0 Å². The predicted octanol–water partition coefficient (Wildman–Crippen LogP) is 0.734. The Balaban J connectivity index is 2.89. The van der Waals surface area contributed by atoms with Gasteiger partial charge in [0.05, 0.1) is 12.7 Å². The molecule has 0 aliphatic carbocycles. The number of benzene rings is 1. The Bertz CT molecular complexity index is 391. The van der Waals surface area contributed by atoms with Crippen LogP contribution in [0.1, 0.15) is 10.4 Å². The smallest absolute Gasteiger partial charge is 0.252 e. The van der Waals surface area contributed by atoms with Crippen LogP contribution in [-0.2, 0) is 0 Å². The highest BCUT2D eigenvalue weighted by Gasteiger charge is 2.14. The van der Waals surface area contributed by atoms with Gasteiger partial charge in [-0.15, -0.1) is 0 Å². The zero-order valence-corrected chi connectivity index (χ0v) is 10.4. The molecular weight excluding hydrogens is 220 g/mol. The van der Waals surface area contributed by atoms with E-state index in [1.165, 1.54) is 7.11 Å². The minimum Gasteiger partial charge on any atom is -0.493 e. The van der Waals surface area contributed by atoms with Gasteiger partial charge in [-0.3, -0.25) is 4.79 Å². The lowest BCUT2D eigenvalue weighted by atomic mass is 10.2. The highest BCUT2D eigenvalue weighted by molar-refractivity contribution is 5.96. The first-order chi connectivity index (χ1) is 8.06. The summed E-state index contributed by atoms with van der Waals surface area (Å²) in [6.45, 7) is 1.21. The van der Waals surface area contributed by atoms with Crippen molar-refractivity contribution < 1.29 is 14.3 Å². The van der Waals surface area contributed by atoms with E-state index in [0.717, 1.165) is 6.54 Å². The molecule has 0 saturated heterocycles. The Morgan fingerprint density at radius 3 is 2.65 bits per heavy atom. The molecule has 5 nitrogen and oxygen atoms in total. The van der Waals surface area contributed by atoms with Gasteiger partial charge < -0.3 is 20.1 Å². The van der Waals surface area contributed by atoms with E-state index in [1.807, 2.05) is 19.0 Å². The summed E-state index contributed by atoms with van der Waals surface area (Å²) < 4.78 is 10.7. The van der Waals surface area contributed by atoms with E-state index in [-0.39, 0.29) is 0 Å². The van der Waals surface area contributed by atoms with Crippen molar-refractivity contribution in [2.45, 2.75) is 0 Å². The van der Waals surface area contributed by atoms with Crippen LogP contribution in [0.4, 0.5) is 0 Å². The number of carbonyl (C=O) groups excluding carboxylic acids is 1. The number of likely N-dealkylation sites (N-methyl/N-ethyl adjacent to an activating group) is 1. The Morgan fingerprint density at radius 2 is 2.12 bits per heavy atom. The molecule has 0 atom stereocenters. The quantitative estimate of drug-likeness (QED) is 0.793. The lowest BCUT2D eigenvalue weighted by Gasteiger charge is -2.15. The Kier molecular flexibility index (Phi) is 4.78. The third kappa shape index (κ3) is 3.64. The van der Waals surface area contributed by atoms with Crippen LogP contribution in [0, 0.1) is 0 Å². The average molecular weight is 238 g/mol. The van der Waals surface area contributed by atoms with E-state index in [0.29, 0.717) is 23.7 Å². The topological polar surface area (TPSA) is 64.8 Å². The standard InChI is InChI=1S/C12H18N2O3/c1-14(2)7-8-17-11-9(12(13)15)5-4-6-10(11)16-3/h4-6H,7-8H2,1-3H3,(H2,13,15). The second-order valence-electron chi connectivity index (χ2n) is 3.85. The van der Waals surface area contributed by atoms with E-state index in [9.17, 15) is 4.79 Å². The first-order valence-electron chi connectivity index (χ1n) is 5.30. The van der Waals surface area contributed by atoms with Crippen molar-refractivity contribution in [2.24, 2.45) is 5.73 Å². The van der Waals surface area contributed by atoms with Gasteiger partial charge in [0.1, 0.15) is 6.61 Å². The number of nitrogens with two attached hydrogens (primary N) is 1. The van der Waals surface area contributed by atoms with Gasteiger partial charge in [0.15, 0.2) is 11.5 Å². The normalized spacial score (nSPS) is 10.4. The number of amides is 1. The van der Waals surface area contributed by atoms with E-state index >= 15 is 0 Å². The molecular formula is C12H18N2O3. The van der Waals surface area contributed by atoms with Crippen LogP contribution in [0.15, 0.2) is 18.2 Å². The fourth-order valence-electron chi connectivity index (χ4n) is 1.35. The minimum atomic E-state index is -0.524. The molecule has 1 amide bonds. The number of primary amides is 1. The van der Waals surface area contributed by atoms with Crippen LogP contribution in [0.3, 0.4) is 0 Å². The third-order valence-corrected chi connectivity index (χ3v) is 2.25. The molecule has 0 aliphatic rings. The van der Waals surface area contributed by atoms with Crippen LogP contribution in [0.25, 0.3) is 0 Å². The number of methoxy groups -OCH3 is 1. The molecule has 0 heterocycles. The Hall–Kier alpha value is -1.75. The van der Waals surface area contributed by atoms with Crippen molar-refractivity contribution in [3.05, 3.63) is 23.8 Å². The largest absolute Gasteiger partial charge is 0.493 e. The lowest BCUT2D eigenvalue weighted by Crippen LogP contribution is -2.21. The van der Waals surface area contributed by atoms with Gasteiger partial charge in [0.2, 0.25) is 0 Å². The van der Waals surface area contributed by atoms with E-state index in [2.05, 4.69) is 0 Å². The first-order valence-corrected chi connectivity index (χ1v) is 5.30. The molecule has 0 saturated carbocycles. The molecule has 0 unspecified atom stereocenters. The SMILES string of the molecule is COc1cccc(C(N)=O)c1OCCN(C)C. The van der Waals surface area contributed by atoms with E-state index in [1.54, 1.807) is 18.2 Å². The zero-order chi connectivity index (χ0) is 12.8. The monoisotopic (exact) mass is 238 g/mol. The van der Waals surface area contributed by atoms with Crippen LogP contribution in [0.5, 0.6) is 11.5 Å². The maximum atomic E-state index is 11.3. The highest BCUT2D eigenvalue weighted by atomic mass is 16.5. The summed E-state index contributed by atoms with van der Waals surface area (Å²) in [4.78, 5) is 13.2. The van der Waals surface area contributed by atoms with Crippen molar-refractivity contribution in [1.29, 1.82) is 0 Å². The van der Waals surface area contributed by atoms with Crippen molar-refractivity contribution in [3.8, 4) is 11.5 Å². The fourth-order valence-corrected chi connectivity index (χ4v) is 1.35. The second kappa shape index (κ2) is 6.10. The number of hydrogen-bond donors (Lipinski definition) is 1. The van der Waals surface area contributed by atoms with Crippen molar-refractivity contribution in [3.63, 3.8) is 0 Å². The highest BCUT2D eigenvalue weighted by Crippen LogP contribution is 2.30. The molecule has 2 N–H and O–H groups in total. The minimum absolute atomic E-state index is 0.336. The van der Waals surface area contributed by atoms with Crippen LogP contribution < -0.4 is 15.2 Å².